The zero-order chi connectivity index (χ0) is 38.0. The van der Waals surface area contributed by atoms with Crippen LogP contribution in [0.1, 0.15) is 99.6 Å². The normalized spacial score (nSPS) is 14.5. The van der Waals surface area contributed by atoms with Crippen LogP contribution in [0.25, 0.3) is 10.1 Å². The number of alkyl carbamates (subject to hydrolysis) is 1. The topological polar surface area (TPSA) is 133 Å². The summed E-state index contributed by atoms with van der Waals surface area (Å²) in [4.78, 5) is 44.3. The van der Waals surface area contributed by atoms with Crippen LogP contribution in [0.2, 0.25) is 0 Å². The summed E-state index contributed by atoms with van der Waals surface area (Å²) in [6.07, 6.45) is 2.34. The second-order valence-electron chi connectivity index (χ2n) is 14.7. The zero-order valence-electron chi connectivity index (χ0n) is 31.4. The highest BCUT2D eigenvalue weighted by molar-refractivity contribution is 7.20. The third-order valence-electron chi connectivity index (χ3n) is 8.30. The maximum absolute atomic E-state index is 13.2. The molecule has 5 rings (SSSR count). The Hall–Kier alpha value is -4.49. The lowest BCUT2D eigenvalue weighted by molar-refractivity contribution is -0.163. The molecule has 2 amide bonds. The molecule has 284 valence electrons. The van der Waals surface area contributed by atoms with E-state index in [1.807, 2.05) is 36.4 Å². The summed E-state index contributed by atoms with van der Waals surface area (Å²) in [6, 6.07) is 21.8. The molecule has 1 aromatic heterocycles. The van der Waals surface area contributed by atoms with Gasteiger partial charge >= 0.3 is 12.1 Å². The molecule has 1 aliphatic rings. The summed E-state index contributed by atoms with van der Waals surface area (Å²) >= 11 is 1.42. The number of fused-ring (bicyclic) bond motifs is 1. The van der Waals surface area contributed by atoms with Crippen LogP contribution in [0.3, 0.4) is 0 Å². The van der Waals surface area contributed by atoms with Gasteiger partial charge < -0.3 is 29.6 Å². The fraction of sp³-hybridized carbons (Fsp3) is 0.439. The van der Waals surface area contributed by atoms with Crippen LogP contribution >= 0.6 is 11.3 Å². The molecule has 2 atom stereocenters. The first-order valence-electron chi connectivity index (χ1n) is 18.2. The zero-order valence-corrected chi connectivity index (χ0v) is 32.2. The molecule has 0 aliphatic heterocycles. The highest BCUT2D eigenvalue weighted by Gasteiger charge is 2.30. The summed E-state index contributed by atoms with van der Waals surface area (Å²) in [7, 11) is 0. The number of hydrogen-bond acceptors (Lipinski definition) is 10. The standard InChI is InChI=1S/C41H51N3O8S/c1-26(2)25-48-27(3)52-44-38(45)36-22-31-14-11-29(21-35(31)53-36)24-42-23-28-12-17-33(18-13-28)49-34-19-15-30(16-20-34)37(43-40(47)51-41(4,5)6)39(46)50-32-9-7-8-10-32/h11-22,26-27,32,37,42H,7-10,23-25H2,1-6H3,(H,43,47)(H,44,45)/t27?,37-/m0/s1. The Labute approximate surface area is 315 Å². The molecule has 53 heavy (non-hydrogen) atoms. The van der Waals surface area contributed by atoms with Crippen LogP contribution in [0.5, 0.6) is 11.5 Å². The van der Waals surface area contributed by atoms with E-state index in [1.54, 1.807) is 52.0 Å². The summed E-state index contributed by atoms with van der Waals surface area (Å²) in [6.45, 7) is 13.0. The molecule has 0 bridgehead atoms. The number of hydrogen-bond donors (Lipinski definition) is 3. The monoisotopic (exact) mass is 745 g/mol. The average molecular weight is 746 g/mol. The number of benzene rings is 3. The predicted molar refractivity (Wildman–Crippen MR) is 205 cm³/mol. The first-order chi connectivity index (χ1) is 25.3. The molecule has 1 unspecified atom stereocenters. The minimum Gasteiger partial charge on any atom is -0.461 e. The van der Waals surface area contributed by atoms with Gasteiger partial charge in [0.2, 0.25) is 0 Å². The van der Waals surface area contributed by atoms with Crippen LogP contribution in [-0.2, 0) is 36.9 Å². The molecule has 1 saturated carbocycles. The number of carbonyl (C=O) groups is 3. The van der Waals surface area contributed by atoms with Crippen LogP contribution in [0, 0.1) is 5.92 Å². The van der Waals surface area contributed by atoms with E-state index in [2.05, 4.69) is 42.1 Å². The van der Waals surface area contributed by atoms with Gasteiger partial charge in [-0.3, -0.25) is 4.79 Å². The number of hydroxylamine groups is 1. The second-order valence-corrected chi connectivity index (χ2v) is 15.8. The first-order valence-corrected chi connectivity index (χ1v) is 19.0. The smallest absolute Gasteiger partial charge is 0.408 e. The summed E-state index contributed by atoms with van der Waals surface area (Å²) in [5, 5.41) is 7.17. The Bertz CT molecular complexity index is 1810. The van der Waals surface area contributed by atoms with Crippen molar-refractivity contribution in [2.24, 2.45) is 5.92 Å². The molecule has 0 spiro atoms. The Balaban J connectivity index is 1.11. The largest absolute Gasteiger partial charge is 0.461 e. The number of ether oxygens (including phenoxy) is 4. The van der Waals surface area contributed by atoms with E-state index in [0.717, 1.165) is 46.9 Å². The third kappa shape index (κ3) is 12.6. The first kappa shape index (κ1) is 39.7. The van der Waals surface area contributed by atoms with Crippen LogP contribution in [-0.4, -0.2) is 42.6 Å². The molecule has 1 aliphatic carbocycles. The van der Waals surface area contributed by atoms with E-state index in [4.69, 9.17) is 23.8 Å². The highest BCUT2D eigenvalue weighted by atomic mass is 32.1. The molecule has 0 radical (unpaired) electrons. The van der Waals surface area contributed by atoms with Crippen molar-refractivity contribution < 1.29 is 38.2 Å². The summed E-state index contributed by atoms with van der Waals surface area (Å²) in [5.74, 6) is 0.817. The van der Waals surface area contributed by atoms with Crippen molar-refractivity contribution in [2.45, 2.75) is 104 Å². The minimum absolute atomic E-state index is 0.137. The molecule has 11 nitrogen and oxygen atoms in total. The lowest BCUT2D eigenvalue weighted by atomic mass is 10.1. The summed E-state index contributed by atoms with van der Waals surface area (Å²) in [5.41, 5.74) is 4.55. The van der Waals surface area contributed by atoms with E-state index in [0.29, 0.717) is 47.6 Å². The molecule has 0 saturated heterocycles. The number of thiophene rings is 1. The lowest BCUT2D eigenvalue weighted by Gasteiger charge is -2.24. The SMILES string of the molecule is CC(C)COC(C)ONC(=O)c1cc2ccc(CNCc3ccc(Oc4ccc([C@H](NC(=O)OC(C)(C)C)C(=O)OC5CCCC5)cc4)cc3)cc2s1. The maximum atomic E-state index is 13.2. The van der Waals surface area contributed by atoms with Gasteiger partial charge in [-0.25, -0.2) is 19.9 Å². The van der Waals surface area contributed by atoms with E-state index in [-0.39, 0.29) is 12.0 Å². The maximum Gasteiger partial charge on any atom is 0.408 e. The Morgan fingerprint density at radius 1 is 0.849 bits per heavy atom. The van der Waals surface area contributed by atoms with Crippen molar-refractivity contribution in [1.29, 1.82) is 0 Å². The minimum atomic E-state index is -1.01. The molecular weight excluding hydrogens is 695 g/mol. The van der Waals surface area contributed by atoms with E-state index < -0.39 is 30.0 Å². The number of esters is 1. The van der Waals surface area contributed by atoms with Crippen molar-refractivity contribution >= 4 is 39.4 Å². The molecule has 3 aromatic carbocycles. The fourth-order valence-electron chi connectivity index (χ4n) is 5.68. The van der Waals surface area contributed by atoms with Crippen molar-refractivity contribution in [1.82, 2.24) is 16.1 Å². The molecule has 12 heteroatoms. The molecule has 4 aromatic rings. The van der Waals surface area contributed by atoms with Crippen LogP contribution < -0.4 is 20.9 Å². The van der Waals surface area contributed by atoms with Gasteiger partial charge in [-0.1, -0.05) is 50.2 Å². The van der Waals surface area contributed by atoms with Gasteiger partial charge in [0.05, 0.1) is 11.5 Å². The van der Waals surface area contributed by atoms with Gasteiger partial charge in [0.25, 0.3) is 5.91 Å². The van der Waals surface area contributed by atoms with Crippen LogP contribution in [0.15, 0.2) is 72.8 Å². The fourth-order valence-corrected chi connectivity index (χ4v) is 6.69. The van der Waals surface area contributed by atoms with Gasteiger partial charge in [0.1, 0.15) is 23.2 Å². The van der Waals surface area contributed by atoms with Gasteiger partial charge in [0, 0.05) is 17.8 Å². The van der Waals surface area contributed by atoms with Gasteiger partial charge in [-0.05, 0) is 118 Å². The predicted octanol–water partition coefficient (Wildman–Crippen LogP) is 8.72. The van der Waals surface area contributed by atoms with E-state index >= 15 is 0 Å². The number of carbonyl (C=O) groups excluding carboxylic acids is 3. The Kier molecular flexibility index (Phi) is 13.9. The van der Waals surface area contributed by atoms with Gasteiger partial charge in [0.15, 0.2) is 12.3 Å². The second kappa shape index (κ2) is 18.5. The van der Waals surface area contributed by atoms with Crippen molar-refractivity contribution in [2.75, 3.05) is 6.61 Å². The quantitative estimate of drug-likeness (QED) is 0.0585. The van der Waals surface area contributed by atoms with Crippen molar-refractivity contribution in [3.05, 3.63) is 94.4 Å². The number of rotatable bonds is 16. The number of amides is 2. The van der Waals surface area contributed by atoms with Crippen molar-refractivity contribution in [3.8, 4) is 11.5 Å². The molecule has 1 heterocycles. The van der Waals surface area contributed by atoms with Gasteiger partial charge in [-0.15, -0.1) is 11.3 Å². The Morgan fingerprint density at radius 2 is 1.49 bits per heavy atom. The van der Waals surface area contributed by atoms with E-state index in [1.165, 1.54) is 11.3 Å². The third-order valence-corrected chi connectivity index (χ3v) is 9.40. The molecular formula is C41H51N3O8S. The summed E-state index contributed by atoms with van der Waals surface area (Å²) < 4.78 is 23.8. The van der Waals surface area contributed by atoms with Crippen LogP contribution in [0.4, 0.5) is 4.79 Å². The van der Waals surface area contributed by atoms with Crippen molar-refractivity contribution in [3.63, 3.8) is 0 Å². The van der Waals surface area contributed by atoms with E-state index in [9.17, 15) is 14.4 Å². The average Bonchev–Trinajstić information content (AvgIpc) is 3.79. The Morgan fingerprint density at radius 3 is 2.15 bits per heavy atom. The number of nitrogens with one attached hydrogen (secondary N) is 3. The highest BCUT2D eigenvalue weighted by Crippen LogP contribution is 2.29. The molecule has 1 fully saturated rings. The lowest BCUT2D eigenvalue weighted by Crippen LogP contribution is -2.39. The molecule has 3 N–H and O–H groups in total. The van der Waals surface area contributed by atoms with Gasteiger partial charge in [-0.2, -0.15) is 0 Å².